The fourth-order valence-corrected chi connectivity index (χ4v) is 8.72. The van der Waals surface area contributed by atoms with Gasteiger partial charge in [0.25, 0.3) is 0 Å². The normalized spacial score (nSPS) is 19.7. The van der Waals surface area contributed by atoms with Crippen LogP contribution in [0.2, 0.25) is 0 Å². The Hall–Kier alpha value is -2.12. The molecule has 398 valence electrons. The lowest BCUT2D eigenvalue weighted by Crippen LogP contribution is -2.60. The van der Waals surface area contributed by atoms with Crippen molar-refractivity contribution in [3.63, 3.8) is 0 Å². The molecule has 1 saturated heterocycles. The van der Waals surface area contributed by atoms with Gasteiger partial charge in [-0.05, 0) is 51.4 Å². The first-order valence-corrected chi connectivity index (χ1v) is 28.3. The van der Waals surface area contributed by atoms with Gasteiger partial charge < -0.3 is 45.1 Å². The van der Waals surface area contributed by atoms with Crippen LogP contribution in [-0.4, -0.2) is 100 Å². The van der Waals surface area contributed by atoms with Crippen molar-refractivity contribution in [2.45, 2.75) is 294 Å². The van der Waals surface area contributed by atoms with Crippen molar-refractivity contribution < 1.29 is 49.3 Å². The van der Waals surface area contributed by atoms with E-state index in [9.17, 15) is 35.1 Å². The molecule has 1 fully saturated rings. The minimum absolute atomic E-state index is 0.0356. The molecule has 1 aliphatic rings. The molecule has 1 aliphatic heterocycles. The summed E-state index contributed by atoms with van der Waals surface area (Å²) in [5, 5.41) is 54.0. The van der Waals surface area contributed by atoms with E-state index < -0.39 is 49.5 Å². The maximum Gasteiger partial charge on any atom is 0.305 e. The van der Waals surface area contributed by atoms with Crippen LogP contribution in [0.1, 0.15) is 251 Å². The third-order valence-electron chi connectivity index (χ3n) is 13.3. The molecule has 0 aliphatic carbocycles. The number of esters is 1. The number of aliphatic hydroxyl groups is 5. The lowest BCUT2D eigenvalue weighted by atomic mass is 9.99. The van der Waals surface area contributed by atoms with Crippen LogP contribution in [0, 0.1) is 0 Å². The summed E-state index contributed by atoms with van der Waals surface area (Å²) in [6, 6.07) is -0.852. The van der Waals surface area contributed by atoms with Gasteiger partial charge in [-0.2, -0.15) is 0 Å². The third kappa shape index (κ3) is 36.8. The number of amides is 1. The van der Waals surface area contributed by atoms with Crippen molar-refractivity contribution in [3.05, 3.63) is 36.5 Å². The Kier molecular flexibility index (Phi) is 44.4. The second-order valence-electron chi connectivity index (χ2n) is 19.6. The molecule has 11 nitrogen and oxygen atoms in total. The second kappa shape index (κ2) is 47.2. The number of hydrogen-bond acceptors (Lipinski definition) is 10. The molecule has 7 unspecified atom stereocenters. The number of aliphatic hydroxyl groups excluding tert-OH is 5. The average molecular weight is 964 g/mol. The Bertz CT molecular complexity index is 1230. The van der Waals surface area contributed by atoms with E-state index in [0.29, 0.717) is 19.4 Å². The number of hydrogen-bond donors (Lipinski definition) is 6. The van der Waals surface area contributed by atoms with Gasteiger partial charge in [0.2, 0.25) is 5.91 Å². The fourth-order valence-electron chi connectivity index (χ4n) is 8.72. The van der Waals surface area contributed by atoms with Gasteiger partial charge >= 0.3 is 5.97 Å². The summed E-state index contributed by atoms with van der Waals surface area (Å²) < 4.78 is 16.6. The van der Waals surface area contributed by atoms with Crippen molar-refractivity contribution in [3.8, 4) is 0 Å². The zero-order chi connectivity index (χ0) is 49.6. The molecule has 0 aromatic rings. The standard InChI is InChI=1S/C57H105NO10/c1-3-5-7-9-11-13-14-15-16-17-18-19-22-25-29-33-37-41-45-53(62)66-46-42-38-34-30-26-23-20-21-24-28-32-36-40-44-52(61)58-49(50(60)43-39-35-31-27-12-10-8-6-4-2)48-67-57-56(65)55(64)54(63)51(47-59)68-57/h21,24,32,36,39,43,49-51,54-57,59-60,63-65H,3-20,22-23,25-31,33-35,37-38,40-42,44-48H2,1-2H3,(H,58,61)/b24-21-,36-32-,43-39+. The van der Waals surface area contributed by atoms with Crippen LogP contribution in [0.25, 0.3) is 0 Å². The van der Waals surface area contributed by atoms with Gasteiger partial charge in [-0.3, -0.25) is 9.59 Å². The molecule has 1 rings (SSSR count). The van der Waals surface area contributed by atoms with E-state index in [1.54, 1.807) is 6.08 Å². The SMILES string of the molecule is CCCCCCCCC/C=C/C(O)C(COC1OC(CO)C(O)C(O)C1O)NC(=O)CC/C=C\C/C=C\CCCCCCCCOC(=O)CCCCCCCCCCCCCCCCCCCC. The predicted octanol–water partition coefficient (Wildman–Crippen LogP) is 12.3. The molecule has 0 radical (unpaired) electrons. The highest BCUT2D eigenvalue weighted by Gasteiger charge is 2.44. The van der Waals surface area contributed by atoms with Crippen LogP contribution in [0.15, 0.2) is 36.5 Å². The minimum atomic E-state index is -1.59. The highest BCUT2D eigenvalue weighted by molar-refractivity contribution is 5.76. The molecule has 1 heterocycles. The van der Waals surface area contributed by atoms with Crippen LogP contribution < -0.4 is 5.32 Å². The zero-order valence-corrected chi connectivity index (χ0v) is 43.6. The Morgan fingerprint density at radius 1 is 0.544 bits per heavy atom. The van der Waals surface area contributed by atoms with Gasteiger partial charge in [0.05, 0.1) is 32.0 Å². The molecule has 0 spiro atoms. The average Bonchev–Trinajstić information content (AvgIpc) is 3.33. The summed E-state index contributed by atoms with van der Waals surface area (Å²) in [7, 11) is 0. The van der Waals surface area contributed by atoms with E-state index >= 15 is 0 Å². The molecule has 68 heavy (non-hydrogen) atoms. The molecule has 11 heteroatoms. The fraction of sp³-hybridized carbons (Fsp3) is 0.860. The quantitative estimate of drug-likeness (QED) is 0.0196. The molecular formula is C57H105NO10. The van der Waals surface area contributed by atoms with Gasteiger partial charge in [0.1, 0.15) is 24.4 Å². The van der Waals surface area contributed by atoms with Gasteiger partial charge in [-0.1, -0.05) is 224 Å². The smallest absolute Gasteiger partial charge is 0.305 e. The van der Waals surface area contributed by atoms with Crippen LogP contribution >= 0.6 is 0 Å². The van der Waals surface area contributed by atoms with Crippen molar-refractivity contribution in [2.75, 3.05) is 19.8 Å². The number of unbranched alkanes of at least 4 members (excludes halogenated alkanes) is 30. The van der Waals surface area contributed by atoms with E-state index in [2.05, 4.69) is 31.3 Å². The monoisotopic (exact) mass is 964 g/mol. The second-order valence-corrected chi connectivity index (χ2v) is 19.6. The largest absolute Gasteiger partial charge is 0.466 e. The van der Waals surface area contributed by atoms with E-state index in [4.69, 9.17) is 14.2 Å². The molecule has 0 saturated carbocycles. The van der Waals surface area contributed by atoms with Gasteiger partial charge in [0, 0.05) is 12.8 Å². The highest BCUT2D eigenvalue weighted by atomic mass is 16.7. The first kappa shape index (κ1) is 63.9. The molecule has 6 N–H and O–H groups in total. The molecule has 0 bridgehead atoms. The van der Waals surface area contributed by atoms with E-state index in [0.717, 1.165) is 70.6 Å². The molecular weight excluding hydrogens is 859 g/mol. The number of carbonyl (C=O) groups excluding carboxylic acids is 2. The zero-order valence-electron chi connectivity index (χ0n) is 43.6. The van der Waals surface area contributed by atoms with Crippen molar-refractivity contribution in [1.82, 2.24) is 5.32 Å². The van der Waals surface area contributed by atoms with Crippen LogP contribution in [-0.2, 0) is 23.8 Å². The summed E-state index contributed by atoms with van der Waals surface area (Å²) in [5.74, 6) is -0.300. The highest BCUT2D eigenvalue weighted by Crippen LogP contribution is 2.23. The third-order valence-corrected chi connectivity index (χ3v) is 13.3. The number of ether oxygens (including phenoxy) is 3. The van der Waals surface area contributed by atoms with Crippen molar-refractivity contribution in [1.29, 1.82) is 0 Å². The Labute approximate surface area is 415 Å². The Morgan fingerprint density at radius 2 is 1.00 bits per heavy atom. The van der Waals surface area contributed by atoms with Crippen molar-refractivity contribution >= 4 is 11.9 Å². The topological polar surface area (TPSA) is 175 Å². The van der Waals surface area contributed by atoms with E-state index in [1.807, 2.05) is 18.2 Å². The first-order chi connectivity index (χ1) is 33.2. The number of rotatable bonds is 48. The van der Waals surface area contributed by atoms with Crippen molar-refractivity contribution in [2.24, 2.45) is 0 Å². The van der Waals surface area contributed by atoms with Gasteiger partial charge in [-0.25, -0.2) is 0 Å². The summed E-state index contributed by atoms with van der Waals surface area (Å²) in [5.41, 5.74) is 0. The predicted molar refractivity (Wildman–Crippen MR) is 278 cm³/mol. The maximum atomic E-state index is 12.9. The molecule has 0 aromatic carbocycles. The number of carbonyl (C=O) groups is 2. The molecule has 7 atom stereocenters. The maximum absolute atomic E-state index is 12.9. The first-order valence-electron chi connectivity index (χ1n) is 28.3. The van der Waals surface area contributed by atoms with Crippen LogP contribution in [0.4, 0.5) is 0 Å². The summed E-state index contributed by atoms with van der Waals surface area (Å²) >= 11 is 0. The summed E-state index contributed by atoms with van der Waals surface area (Å²) in [4.78, 5) is 25.0. The lowest BCUT2D eigenvalue weighted by Gasteiger charge is -2.40. The minimum Gasteiger partial charge on any atom is -0.466 e. The number of nitrogens with one attached hydrogen (secondary N) is 1. The van der Waals surface area contributed by atoms with E-state index in [-0.39, 0.29) is 24.9 Å². The Balaban J connectivity index is 2.11. The van der Waals surface area contributed by atoms with Crippen LogP contribution in [0.3, 0.4) is 0 Å². The number of allylic oxidation sites excluding steroid dienone is 5. The van der Waals surface area contributed by atoms with E-state index in [1.165, 1.54) is 148 Å². The summed E-state index contributed by atoms with van der Waals surface area (Å²) in [6.45, 7) is 4.22. The van der Waals surface area contributed by atoms with Gasteiger partial charge in [-0.15, -0.1) is 0 Å². The van der Waals surface area contributed by atoms with Crippen LogP contribution in [0.5, 0.6) is 0 Å². The molecule has 1 amide bonds. The van der Waals surface area contributed by atoms with Gasteiger partial charge in [0.15, 0.2) is 6.29 Å². The Morgan fingerprint density at radius 3 is 1.51 bits per heavy atom. The lowest BCUT2D eigenvalue weighted by molar-refractivity contribution is -0.302. The summed E-state index contributed by atoms with van der Waals surface area (Å²) in [6.07, 6.45) is 46.9. The molecule has 0 aromatic heterocycles.